The molecule has 0 fully saturated rings. The van der Waals surface area contributed by atoms with E-state index in [1.807, 2.05) is 19.9 Å². The number of pyridine rings is 1. The summed E-state index contributed by atoms with van der Waals surface area (Å²) in [6, 6.07) is 4.52. The zero-order valence-electron chi connectivity index (χ0n) is 11.7. The van der Waals surface area contributed by atoms with Crippen molar-refractivity contribution in [3.8, 4) is 0 Å². The molecule has 0 amide bonds. The first kappa shape index (κ1) is 13.2. The van der Waals surface area contributed by atoms with Gasteiger partial charge in [0, 0.05) is 37.2 Å². The van der Waals surface area contributed by atoms with Gasteiger partial charge in [0.15, 0.2) is 5.78 Å². The second kappa shape index (κ2) is 5.19. The maximum atomic E-state index is 11.9. The van der Waals surface area contributed by atoms with Crippen LogP contribution in [0.1, 0.15) is 49.4 Å². The number of carbonyl (C=O) groups is 1. The number of hydrogen-bond acceptors (Lipinski definition) is 3. The second-order valence-electron chi connectivity index (χ2n) is 5.64. The molecule has 0 N–H and O–H groups in total. The van der Waals surface area contributed by atoms with Gasteiger partial charge in [0.2, 0.25) is 0 Å². The normalized spacial score (nSPS) is 16.1. The fourth-order valence-electron chi connectivity index (χ4n) is 2.31. The topological polar surface area (TPSA) is 33.2 Å². The number of fused-ring (bicyclic) bond motifs is 1. The fourth-order valence-corrected chi connectivity index (χ4v) is 2.31. The molecular weight excluding hydrogens is 224 g/mol. The molecule has 1 aliphatic rings. The fraction of sp³-hybridized carbons (Fsp3) is 0.600. The Labute approximate surface area is 109 Å². The Hall–Kier alpha value is -1.22. The van der Waals surface area contributed by atoms with E-state index in [1.54, 1.807) is 0 Å². The lowest BCUT2D eigenvalue weighted by atomic mass is 10.0. The van der Waals surface area contributed by atoms with Crippen LogP contribution in [0, 0.1) is 5.92 Å². The van der Waals surface area contributed by atoms with Gasteiger partial charge in [0.1, 0.15) is 5.69 Å². The highest BCUT2D eigenvalue weighted by atomic mass is 16.1. The van der Waals surface area contributed by atoms with E-state index in [1.165, 1.54) is 5.56 Å². The van der Waals surface area contributed by atoms with Gasteiger partial charge < -0.3 is 0 Å². The highest BCUT2D eigenvalue weighted by molar-refractivity contribution is 5.95. The maximum absolute atomic E-state index is 11.9. The van der Waals surface area contributed by atoms with Gasteiger partial charge in [0.05, 0.1) is 0 Å². The zero-order chi connectivity index (χ0) is 13.3. The van der Waals surface area contributed by atoms with E-state index >= 15 is 0 Å². The largest absolute Gasteiger partial charge is 0.296 e. The molecule has 3 nitrogen and oxygen atoms in total. The molecule has 0 aromatic carbocycles. The molecule has 3 heteroatoms. The molecule has 0 bridgehead atoms. The Morgan fingerprint density at radius 1 is 1.28 bits per heavy atom. The minimum Gasteiger partial charge on any atom is -0.296 e. The van der Waals surface area contributed by atoms with Gasteiger partial charge in [-0.25, -0.2) is 4.98 Å². The Morgan fingerprint density at radius 3 is 2.61 bits per heavy atom. The van der Waals surface area contributed by atoms with E-state index < -0.39 is 0 Å². The number of carbonyl (C=O) groups excluding carboxylic acids is 1. The average Bonchev–Trinajstić information content (AvgIpc) is 2.36. The Balaban J connectivity index is 2.23. The number of Topliss-reactive ketones (excluding diaryl/α,β-unsaturated/α-hetero) is 1. The summed E-state index contributed by atoms with van der Waals surface area (Å²) < 4.78 is 0. The summed E-state index contributed by atoms with van der Waals surface area (Å²) in [5.41, 5.74) is 3.01. The number of aromatic nitrogens is 1. The summed E-state index contributed by atoms with van der Waals surface area (Å²) in [5, 5.41) is 0. The van der Waals surface area contributed by atoms with Crippen LogP contribution in [0.5, 0.6) is 0 Å². The number of hydrogen-bond donors (Lipinski definition) is 0. The number of nitrogens with zero attached hydrogens (tertiary/aromatic N) is 2. The first-order chi connectivity index (χ1) is 8.49. The van der Waals surface area contributed by atoms with Crippen molar-refractivity contribution in [2.24, 2.45) is 5.92 Å². The van der Waals surface area contributed by atoms with Crippen LogP contribution in [-0.2, 0) is 13.0 Å². The molecule has 0 atom stereocenters. The van der Waals surface area contributed by atoms with Crippen LogP contribution in [0.3, 0.4) is 0 Å². The Morgan fingerprint density at radius 2 is 2.00 bits per heavy atom. The van der Waals surface area contributed by atoms with Crippen LogP contribution < -0.4 is 0 Å². The number of rotatable bonds is 3. The van der Waals surface area contributed by atoms with Crippen molar-refractivity contribution in [3.63, 3.8) is 0 Å². The lowest BCUT2D eigenvalue weighted by Gasteiger charge is -2.31. The predicted molar refractivity (Wildman–Crippen MR) is 72.7 cm³/mol. The number of ketones is 1. The third-order valence-electron chi connectivity index (χ3n) is 3.58. The summed E-state index contributed by atoms with van der Waals surface area (Å²) in [6.07, 6.45) is 0.951. The molecular formula is C15H22N2O. The standard InChI is InChI=1S/C15H22N2O/c1-10(2)15(18)14-6-5-12-9-17(11(3)4)8-7-13(12)16-14/h5-6,10-11H,7-9H2,1-4H3. The van der Waals surface area contributed by atoms with Gasteiger partial charge in [-0.05, 0) is 25.5 Å². The minimum atomic E-state index is 0.0197. The lowest BCUT2D eigenvalue weighted by Crippen LogP contribution is -2.36. The third-order valence-corrected chi connectivity index (χ3v) is 3.58. The van der Waals surface area contributed by atoms with Crippen molar-refractivity contribution < 1.29 is 4.79 Å². The van der Waals surface area contributed by atoms with E-state index in [4.69, 9.17) is 0 Å². The molecule has 0 saturated heterocycles. The van der Waals surface area contributed by atoms with E-state index in [2.05, 4.69) is 29.8 Å². The molecule has 18 heavy (non-hydrogen) atoms. The maximum Gasteiger partial charge on any atom is 0.183 e. The molecule has 1 aliphatic heterocycles. The van der Waals surface area contributed by atoms with Gasteiger partial charge in [-0.15, -0.1) is 0 Å². The Kier molecular flexibility index (Phi) is 3.81. The highest BCUT2D eigenvalue weighted by Gasteiger charge is 2.21. The van der Waals surface area contributed by atoms with Gasteiger partial charge in [-0.1, -0.05) is 19.9 Å². The molecule has 0 radical (unpaired) electrons. The van der Waals surface area contributed by atoms with Gasteiger partial charge in [-0.2, -0.15) is 0 Å². The summed E-state index contributed by atoms with van der Waals surface area (Å²) >= 11 is 0. The Bertz CT molecular complexity index is 452. The van der Waals surface area contributed by atoms with Crippen LogP contribution in [0.2, 0.25) is 0 Å². The van der Waals surface area contributed by atoms with Gasteiger partial charge in [-0.3, -0.25) is 9.69 Å². The molecule has 0 aliphatic carbocycles. The molecule has 2 rings (SSSR count). The van der Waals surface area contributed by atoms with Gasteiger partial charge >= 0.3 is 0 Å². The zero-order valence-corrected chi connectivity index (χ0v) is 11.7. The summed E-state index contributed by atoms with van der Waals surface area (Å²) in [6.45, 7) is 10.3. The van der Waals surface area contributed by atoms with E-state index in [-0.39, 0.29) is 11.7 Å². The predicted octanol–water partition coefficient (Wildman–Crippen LogP) is 2.69. The molecule has 0 unspecified atom stereocenters. The molecule has 1 aromatic heterocycles. The second-order valence-corrected chi connectivity index (χ2v) is 5.64. The van der Waals surface area contributed by atoms with Crippen molar-refractivity contribution in [1.82, 2.24) is 9.88 Å². The molecule has 0 saturated carbocycles. The average molecular weight is 246 g/mol. The SMILES string of the molecule is CC(C)C(=O)c1ccc2c(n1)CCN(C(C)C)C2. The van der Waals surface area contributed by atoms with Gasteiger partial charge in [0.25, 0.3) is 0 Å². The van der Waals surface area contributed by atoms with Crippen molar-refractivity contribution >= 4 is 5.78 Å². The highest BCUT2D eigenvalue weighted by Crippen LogP contribution is 2.20. The monoisotopic (exact) mass is 246 g/mol. The minimum absolute atomic E-state index is 0.0197. The lowest BCUT2D eigenvalue weighted by molar-refractivity contribution is 0.0933. The third kappa shape index (κ3) is 2.61. The summed E-state index contributed by atoms with van der Waals surface area (Å²) in [7, 11) is 0. The van der Waals surface area contributed by atoms with Crippen molar-refractivity contribution in [1.29, 1.82) is 0 Å². The summed E-state index contributed by atoms with van der Waals surface area (Å²) in [4.78, 5) is 18.9. The van der Waals surface area contributed by atoms with Crippen LogP contribution in [-0.4, -0.2) is 28.3 Å². The van der Waals surface area contributed by atoms with Crippen molar-refractivity contribution in [3.05, 3.63) is 29.1 Å². The molecule has 2 heterocycles. The quantitative estimate of drug-likeness (QED) is 0.769. The molecule has 0 spiro atoms. The molecule has 1 aromatic rings. The van der Waals surface area contributed by atoms with Crippen LogP contribution >= 0.6 is 0 Å². The molecule has 98 valence electrons. The van der Waals surface area contributed by atoms with Crippen LogP contribution in [0.4, 0.5) is 0 Å². The van der Waals surface area contributed by atoms with E-state index in [0.29, 0.717) is 11.7 Å². The summed E-state index contributed by atoms with van der Waals surface area (Å²) in [5.74, 6) is 0.162. The smallest absolute Gasteiger partial charge is 0.183 e. The van der Waals surface area contributed by atoms with E-state index in [0.717, 1.165) is 25.2 Å². The van der Waals surface area contributed by atoms with Crippen molar-refractivity contribution in [2.45, 2.75) is 46.7 Å². The van der Waals surface area contributed by atoms with Crippen LogP contribution in [0.25, 0.3) is 0 Å². The van der Waals surface area contributed by atoms with Crippen molar-refractivity contribution in [2.75, 3.05) is 6.54 Å². The first-order valence-electron chi connectivity index (χ1n) is 6.76. The van der Waals surface area contributed by atoms with Crippen LogP contribution in [0.15, 0.2) is 12.1 Å². The van der Waals surface area contributed by atoms with E-state index in [9.17, 15) is 4.79 Å². The first-order valence-corrected chi connectivity index (χ1v) is 6.76.